The Morgan fingerprint density at radius 3 is 2.21 bits per heavy atom. The summed E-state index contributed by atoms with van der Waals surface area (Å²) in [5.74, 6) is -2.27. The molecule has 7 N–H and O–H groups in total. The van der Waals surface area contributed by atoms with Crippen LogP contribution in [0.15, 0.2) is 30.3 Å². The monoisotopic (exact) mass is 335 g/mol. The minimum Gasteiger partial charge on any atom is -0.368 e. The molecule has 0 saturated heterocycles. The lowest BCUT2D eigenvalue weighted by Gasteiger charge is -2.18. The number of hydrogen-bond donors (Lipinski definition) is 5. The van der Waals surface area contributed by atoms with Crippen molar-refractivity contribution in [1.82, 2.24) is 16.0 Å². The van der Waals surface area contributed by atoms with Gasteiger partial charge in [-0.1, -0.05) is 30.3 Å². The number of nitrogens with one attached hydrogen (secondary N) is 3. The van der Waals surface area contributed by atoms with Crippen molar-refractivity contribution in [3.63, 3.8) is 0 Å². The predicted octanol–water partition coefficient (Wildman–Crippen LogP) is -2.61. The Bertz CT molecular complexity index is 591. The Balaban J connectivity index is 2.69. The summed E-state index contributed by atoms with van der Waals surface area (Å²) in [6.45, 7) is -0.867. The zero-order valence-electron chi connectivity index (χ0n) is 13.1. The van der Waals surface area contributed by atoms with Crippen LogP contribution in [0, 0.1) is 0 Å². The molecule has 24 heavy (non-hydrogen) atoms. The zero-order valence-corrected chi connectivity index (χ0v) is 13.1. The van der Waals surface area contributed by atoms with E-state index in [1.807, 2.05) is 6.07 Å². The fourth-order valence-electron chi connectivity index (χ4n) is 1.85. The molecule has 1 aromatic carbocycles. The summed E-state index contributed by atoms with van der Waals surface area (Å²) in [6, 6.07) is 8.13. The lowest BCUT2D eigenvalue weighted by Crippen LogP contribution is -2.52. The van der Waals surface area contributed by atoms with Gasteiger partial charge in [0.05, 0.1) is 19.6 Å². The summed E-state index contributed by atoms with van der Waals surface area (Å²) in [7, 11) is 0. The third kappa shape index (κ3) is 7.36. The maximum atomic E-state index is 12.1. The van der Waals surface area contributed by atoms with Crippen LogP contribution in [-0.4, -0.2) is 49.3 Å². The Morgan fingerprint density at radius 2 is 1.62 bits per heavy atom. The smallest absolute Gasteiger partial charge is 0.243 e. The minimum atomic E-state index is -0.908. The highest BCUT2D eigenvalue weighted by Gasteiger charge is 2.21. The van der Waals surface area contributed by atoms with E-state index in [2.05, 4.69) is 16.0 Å². The summed E-state index contributed by atoms with van der Waals surface area (Å²) in [5.41, 5.74) is 10.9. The van der Waals surface area contributed by atoms with Gasteiger partial charge in [-0.15, -0.1) is 0 Å². The van der Waals surface area contributed by atoms with Gasteiger partial charge in [0, 0.05) is 6.42 Å². The molecule has 0 aromatic heterocycles. The van der Waals surface area contributed by atoms with Crippen molar-refractivity contribution in [3.05, 3.63) is 35.9 Å². The molecule has 0 unspecified atom stereocenters. The Hall–Kier alpha value is -2.94. The van der Waals surface area contributed by atoms with Gasteiger partial charge in [0.25, 0.3) is 0 Å². The fraction of sp³-hybridized carbons (Fsp3) is 0.333. The number of amides is 4. The Kier molecular flexibility index (Phi) is 7.92. The molecule has 0 fully saturated rings. The zero-order chi connectivity index (χ0) is 17.9. The third-order valence-electron chi connectivity index (χ3n) is 3.00. The number of carbonyl (C=O) groups excluding carboxylic acids is 4. The van der Waals surface area contributed by atoms with Crippen LogP contribution >= 0.6 is 0 Å². The molecule has 1 aromatic rings. The van der Waals surface area contributed by atoms with Gasteiger partial charge < -0.3 is 27.4 Å². The molecule has 0 radical (unpaired) electrons. The number of hydrogen-bond acceptors (Lipinski definition) is 5. The summed E-state index contributed by atoms with van der Waals surface area (Å²) < 4.78 is 0. The van der Waals surface area contributed by atoms with Crippen molar-refractivity contribution in [2.75, 3.05) is 19.6 Å². The third-order valence-corrected chi connectivity index (χ3v) is 3.00. The SMILES string of the molecule is NCC(=O)NCC(=O)N[C@@H](Cc1ccccc1)C(=O)NCC(N)=O. The summed E-state index contributed by atoms with van der Waals surface area (Å²) >= 11 is 0. The van der Waals surface area contributed by atoms with Gasteiger partial charge in [-0.2, -0.15) is 0 Å². The topological polar surface area (TPSA) is 156 Å². The lowest BCUT2D eigenvalue weighted by molar-refractivity contribution is -0.130. The predicted molar refractivity (Wildman–Crippen MR) is 86.3 cm³/mol. The summed E-state index contributed by atoms with van der Waals surface area (Å²) in [6.07, 6.45) is 0.224. The quantitative estimate of drug-likeness (QED) is 0.334. The molecule has 0 aliphatic heterocycles. The van der Waals surface area contributed by atoms with E-state index in [0.717, 1.165) is 5.56 Å². The number of rotatable bonds is 9. The van der Waals surface area contributed by atoms with E-state index in [1.165, 1.54) is 0 Å². The molecule has 9 nitrogen and oxygen atoms in total. The van der Waals surface area contributed by atoms with E-state index in [-0.39, 0.29) is 26.1 Å². The van der Waals surface area contributed by atoms with Crippen LogP contribution in [-0.2, 0) is 25.6 Å². The van der Waals surface area contributed by atoms with Crippen LogP contribution in [0.25, 0.3) is 0 Å². The van der Waals surface area contributed by atoms with E-state index in [0.29, 0.717) is 0 Å². The van der Waals surface area contributed by atoms with E-state index >= 15 is 0 Å². The average Bonchev–Trinajstić information content (AvgIpc) is 2.57. The number of primary amides is 1. The van der Waals surface area contributed by atoms with Crippen LogP contribution < -0.4 is 27.4 Å². The first-order chi connectivity index (χ1) is 11.4. The lowest BCUT2D eigenvalue weighted by atomic mass is 10.1. The Morgan fingerprint density at radius 1 is 0.958 bits per heavy atom. The van der Waals surface area contributed by atoms with Crippen LogP contribution in [0.5, 0.6) is 0 Å². The van der Waals surface area contributed by atoms with Gasteiger partial charge in [0.15, 0.2) is 0 Å². The molecule has 0 spiro atoms. The first-order valence-corrected chi connectivity index (χ1v) is 7.28. The van der Waals surface area contributed by atoms with E-state index in [4.69, 9.17) is 11.5 Å². The van der Waals surface area contributed by atoms with E-state index in [1.54, 1.807) is 24.3 Å². The molecule has 1 atom stereocenters. The van der Waals surface area contributed by atoms with Gasteiger partial charge in [-0.3, -0.25) is 19.2 Å². The summed E-state index contributed by atoms with van der Waals surface area (Å²) in [5, 5.41) is 7.17. The molecule has 0 heterocycles. The van der Waals surface area contributed by atoms with Crippen molar-refractivity contribution < 1.29 is 19.2 Å². The van der Waals surface area contributed by atoms with Crippen molar-refractivity contribution in [2.24, 2.45) is 11.5 Å². The van der Waals surface area contributed by atoms with Gasteiger partial charge in [-0.25, -0.2) is 0 Å². The number of carbonyl (C=O) groups is 4. The first kappa shape index (κ1) is 19.1. The van der Waals surface area contributed by atoms with Crippen molar-refractivity contribution in [2.45, 2.75) is 12.5 Å². The summed E-state index contributed by atoms with van der Waals surface area (Å²) in [4.78, 5) is 45.8. The second kappa shape index (κ2) is 9.95. The highest BCUT2D eigenvalue weighted by molar-refractivity contribution is 5.92. The van der Waals surface area contributed by atoms with Crippen LogP contribution in [0.2, 0.25) is 0 Å². The largest absolute Gasteiger partial charge is 0.368 e. The standard InChI is InChI=1S/C15H21N5O4/c16-7-13(22)18-9-14(23)20-11(15(24)19-8-12(17)21)6-10-4-2-1-3-5-10/h1-5,11H,6-9,16H2,(H2,17,21)(H,18,22)(H,19,24)(H,20,23)/t11-/m0/s1. The minimum absolute atomic E-state index is 0.224. The molecule has 9 heteroatoms. The van der Waals surface area contributed by atoms with Crippen molar-refractivity contribution in [3.8, 4) is 0 Å². The highest BCUT2D eigenvalue weighted by atomic mass is 16.2. The molecular weight excluding hydrogens is 314 g/mol. The molecule has 0 aliphatic rings. The molecule has 0 saturated carbocycles. The average molecular weight is 335 g/mol. The van der Waals surface area contributed by atoms with Gasteiger partial charge in [0.1, 0.15) is 6.04 Å². The maximum Gasteiger partial charge on any atom is 0.243 e. The Labute approximate surface area is 139 Å². The molecule has 0 aliphatic carbocycles. The van der Waals surface area contributed by atoms with E-state index < -0.39 is 29.7 Å². The van der Waals surface area contributed by atoms with Gasteiger partial charge in [-0.05, 0) is 5.56 Å². The molecule has 130 valence electrons. The number of benzene rings is 1. The maximum absolute atomic E-state index is 12.1. The molecule has 1 rings (SSSR count). The number of nitrogens with two attached hydrogens (primary N) is 2. The van der Waals surface area contributed by atoms with Crippen LogP contribution in [0.3, 0.4) is 0 Å². The van der Waals surface area contributed by atoms with Crippen LogP contribution in [0.1, 0.15) is 5.56 Å². The van der Waals surface area contributed by atoms with Crippen molar-refractivity contribution in [1.29, 1.82) is 0 Å². The molecular formula is C15H21N5O4. The van der Waals surface area contributed by atoms with Gasteiger partial charge in [0.2, 0.25) is 23.6 Å². The van der Waals surface area contributed by atoms with Crippen LogP contribution in [0.4, 0.5) is 0 Å². The molecule has 4 amide bonds. The first-order valence-electron chi connectivity index (χ1n) is 7.28. The highest BCUT2D eigenvalue weighted by Crippen LogP contribution is 2.03. The normalized spacial score (nSPS) is 11.2. The second-order valence-electron chi connectivity index (χ2n) is 4.97. The van der Waals surface area contributed by atoms with Gasteiger partial charge >= 0.3 is 0 Å². The fourth-order valence-corrected chi connectivity index (χ4v) is 1.85. The van der Waals surface area contributed by atoms with Crippen molar-refractivity contribution >= 4 is 23.6 Å². The molecule has 0 bridgehead atoms. The second-order valence-corrected chi connectivity index (χ2v) is 4.97. The van der Waals surface area contributed by atoms with E-state index in [9.17, 15) is 19.2 Å².